The second-order valence-electron chi connectivity index (χ2n) is 12.9. The molecule has 1 saturated carbocycles. The number of rotatable bonds is 4. The van der Waals surface area contributed by atoms with E-state index in [4.69, 9.17) is 17.0 Å². The molecule has 1 fully saturated rings. The number of fused-ring (bicyclic) bond motifs is 2. The van der Waals surface area contributed by atoms with Gasteiger partial charge in [0.2, 0.25) is 0 Å². The number of hydrogen-bond acceptors (Lipinski definition) is 0. The molecule has 0 heterocycles. The molecule has 0 N–H and O–H groups in total. The van der Waals surface area contributed by atoms with Gasteiger partial charge in [-0.05, 0) is 41.4 Å². The molecule has 0 spiro atoms. The van der Waals surface area contributed by atoms with E-state index in [9.17, 15) is 0 Å². The van der Waals surface area contributed by atoms with Crippen molar-refractivity contribution >= 4 is 48.1 Å². The van der Waals surface area contributed by atoms with Crippen LogP contribution in [0.1, 0.15) is 80.0 Å². The van der Waals surface area contributed by atoms with Crippen LogP contribution in [0.3, 0.4) is 0 Å². The fraction of sp³-hybridized carbons (Fsp3) is 0.302. The average Bonchev–Trinajstić information content (AvgIpc) is 3.72. The first-order valence-corrected chi connectivity index (χ1v) is 25.2. The van der Waals surface area contributed by atoms with Gasteiger partial charge in [-0.2, -0.15) is 12.1 Å². The fourth-order valence-electron chi connectivity index (χ4n) is 6.67. The zero-order valence-electron chi connectivity index (χ0n) is 28.8. The van der Waals surface area contributed by atoms with Crippen molar-refractivity contribution in [1.82, 2.24) is 0 Å². The number of aryl methyl sites for hydroxylation is 2. The summed E-state index contributed by atoms with van der Waals surface area (Å²) in [5.41, 5.74) is 11.0. The summed E-state index contributed by atoms with van der Waals surface area (Å²) in [6.45, 7) is 13.2. The maximum absolute atomic E-state index is 4.93. The number of halogens is 2. The molecule has 2 radical (unpaired) electrons. The van der Waals surface area contributed by atoms with Crippen LogP contribution in [0.2, 0.25) is 13.1 Å². The summed E-state index contributed by atoms with van der Waals surface area (Å²) < 4.78 is 0. The average molecular weight is 755 g/mol. The van der Waals surface area contributed by atoms with Crippen molar-refractivity contribution in [3.05, 3.63) is 131 Å². The summed E-state index contributed by atoms with van der Waals surface area (Å²) in [6, 6.07) is 40.4. The van der Waals surface area contributed by atoms with E-state index < -0.39 is 20.8 Å². The van der Waals surface area contributed by atoms with Gasteiger partial charge in [-0.25, -0.2) is 0 Å². The minimum atomic E-state index is -0.826. The molecular formula is C43H48Cl2SiZr. The van der Waals surface area contributed by atoms with Crippen LogP contribution in [0, 0.1) is 13.8 Å². The second kappa shape index (κ2) is 19.1. The van der Waals surface area contributed by atoms with Gasteiger partial charge in [-0.3, -0.25) is 0 Å². The third-order valence-electron chi connectivity index (χ3n) is 9.07. The van der Waals surface area contributed by atoms with Crippen molar-refractivity contribution in [2.24, 2.45) is 0 Å². The summed E-state index contributed by atoms with van der Waals surface area (Å²) in [7, 11) is 11.0. The Hall–Kier alpha value is -2.22. The first-order valence-electron chi connectivity index (χ1n) is 16.9. The molecule has 0 bridgehead atoms. The molecule has 0 amide bonds. The van der Waals surface area contributed by atoms with Gasteiger partial charge in [0, 0.05) is 9.52 Å². The van der Waals surface area contributed by atoms with Crippen LogP contribution in [0.25, 0.3) is 43.8 Å². The molecule has 0 saturated heterocycles. The predicted octanol–water partition coefficient (Wildman–Crippen LogP) is 14.4. The Kier molecular flexibility index (Phi) is 15.3. The van der Waals surface area contributed by atoms with Crippen molar-refractivity contribution in [1.29, 1.82) is 0 Å². The monoisotopic (exact) mass is 752 g/mol. The van der Waals surface area contributed by atoms with Gasteiger partial charge in [0.15, 0.2) is 0 Å². The Morgan fingerprint density at radius 1 is 0.702 bits per heavy atom. The Morgan fingerprint density at radius 3 is 1.96 bits per heavy atom. The molecule has 0 unspecified atom stereocenters. The molecule has 1 aliphatic carbocycles. The second-order valence-corrected chi connectivity index (χ2v) is 17.7. The summed E-state index contributed by atoms with van der Waals surface area (Å²) >= 11 is -0.826. The van der Waals surface area contributed by atoms with Crippen molar-refractivity contribution < 1.29 is 20.8 Å². The van der Waals surface area contributed by atoms with Crippen LogP contribution >= 0.6 is 17.0 Å². The van der Waals surface area contributed by atoms with E-state index in [1.807, 2.05) is 0 Å². The molecule has 0 nitrogen and oxygen atoms in total. The molecule has 4 heteroatoms. The summed E-state index contributed by atoms with van der Waals surface area (Å²) in [4.78, 5) is 0. The van der Waals surface area contributed by atoms with E-state index in [-0.39, 0.29) is 0 Å². The van der Waals surface area contributed by atoms with Gasteiger partial charge < -0.3 is 0 Å². The summed E-state index contributed by atoms with van der Waals surface area (Å²) in [5.74, 6) is 1.37. The standard InChI is InChI=1S/C23H25.C18H17.C2H6Si.2ClH.Zr/c1-16-14-22-17(2)8-13-21(23(22)15-16)20-11-9-19(10-12-20)18-6-4-3-5-7-18;1-13(2)16-11-15-9-6-10-17(18(15)12-16)14-7-4-3-5-8-14;1-3-2;;;/h8-15,18H,3-7H2,1-2H3;3-13H,1-2H3;1-2H3;2*1H;/q2*-1;;;;+4/p-2. The Balaban J connectivity index is 0.000000186. The Bertz CT molecular complexity index is 1790. The molecule has 0 aromatic heterocycles. The van der Waals surface area contributed by atoms with Gasteiger partial charge in [-0.15, -0.1) is 68.6 Å². The summed E-state index contributed by atoms with van der Waals surface area (Å²) in [5, 5.41) is 5.51. The molecule has 7 rings (SSSR count). The first kappa shape index (κ1) is 37.6. The zero-order chi connectivity index (χ0) is 33.8. The van der Waals surface area contributed by atoms with Crippen LogP contribution in [-0.2, 0) is 20.8 Å². The molecule has 242 valence electrons. The number of benzene rings is 4. The molecular weight excluding hydrogens is 707 g/mol. The van der Waals surface area contributed by atoms with E-state index >= 15 is 0 Å². The van der Waals surface area contributed by atoms with Crippen molar-refractivity contribution in [3.8, 4) is 22.3 Å². The van der Waals surface area contributed by atoms with E-state index in [0.717, 1.165) is 15.4 Å². The molecule has 0 atom stereocenters. The SMILES string of the molecule is CC(C)c1cc2c(-c3ccccc3)cccc2[cH-]1.C[Si]C.Cc1cc2c(-c3ccc(C4CCCCC4)cc3)ccc(C)c2[cH-]1.[Cl][Zr+2][Cl]. The van der Waals surface area contributed by atoms with Gasteiger partial charge in [0.25, 0.3) is 0 Å². The van der Waals surface area contributed by atoms with Crippen LogP contribution in [-0.4, -0.2) is 9.52 Å². The minimum absolute atomic E-state index is 0.584. The van der Waals surface area contributed by atoms with Gasteiger partial charge >= 0.3 is 37.9 Å². The third-order valence-corrected chi connectivity index (χ3v) is 9.07. The van der Waals surface area contributed by atoms with Crippen LogP contribution in [0.5, 0.6) is 0 Å². The van der Waals surface area contributed by atoms with E-state index in [2.05, 4.69) is 150 Å². The van der Waals surface area contributed by atoms with E-state index in [0.29, 0.717) is 5.92 Å². The maximum atomic E-state index is 4.93. The van der Waals surface area contributed by atoms with E-state index in [1.165, 1.54) is 98.2 Å². The third kappa shape index (κ3) is 10.1. The Morgan fingerprint density at radius 2 is 1.32 bits per heavy atom. The topological polar surface area (TPSA) is 0 Å². The quantitative estimate of drug-likeness (QED) is 0.124. The van der Waals surface area contributed by atoms with Gasteiger partial charge in [-0.1, -0.05) is 138 Å². The van der Waals surface area contributed by atoms with Crippen LogP contribution in [0.4, 0.5) is 0 Å². The van der Waals surface area contributed by atoms with E-state index in [1.54, 1.807) is 0 Å². The molecule has 6 aromatic rings. The zero-order valence-corrected chi connectivity index (χ0v) is 33.8. The van der Waals surface area contributed by atoms with Crippen molar-refractivity contribution in [2.75, 3.05) is 0 Å². The Labute approximate surface area is 305 Å². The van der Waals surface area contributed by atoms with Crippen LogP contribution < -0.4 is 0 Å². The molecule has 6 aromatic carbocycles. The summed E-state index contributed by atoms with van der Waals surface area (Å²) in [6.07, 6.45) is 6.97. The van der Waals surface area contributed by atoms with Crippen molar-refractivity contribution in [2.45, 2.75) is 84.7 Å². The predicted molar refractivity (Wildman–Crippen MR) is 209 cm³/mol. The molecule has 0 aliphatic heterocycles. The van der Waals surface area contributed by atoms with Gasteiger partial charge in [0.1, 0.15) is 0 Å². The normalized spacial score (nSPS) is 12.8. The first-order chi connectivity index (χ1) is 22.8. The van der Waals surface area contributed by atoms with Crippen LogP contribution in [0.15, 0.2) is 109 Å². The number of hydrogen-bond donors (Lipinski definition) is 0. The molecule has 47 heavy (non-hydrogen) atoms. The van der Waals surface area contributed by atoms with Gasteiger partial charge in [0.05, 0.1) is 0 Å². The molecule has 1 aliphatic rings. The van der Waals surface area contributed by atoms with Crippen molar-refractivity contribution in [3.63, 3.8) is 0 Å². The fourth-order valence-corrected chi connectivity index (χ4v) is 6.67.